The number of aromatic amines is 1. The zero-order valence-corrected chi connectivity index (χ0v) is 14.1. The van der Waals surface area contributed by atoms with Gasteiger partial charge in [-0.3, -0.25) is 4.79 Å². The van der Waals surface area contributed by atoms with E-state index >= 15 is 0 Å². The van der Waals surface area contributed by atoms with Crippen molar-refractivity contribution in [3.05, 3.63) is 71.9 Å². The molecule has 1 amide bonds. The van der Waals surface area contributed by atoms with Crippen LogP contribution in [0.15, 0.2) is 60.8 Å². The highest BCUT2D eigenvalue weighted by atomic mass is 16.2. The van der Waals surface area contributed by atoms with Crippen LogP contribution in [0.5, 0.6) is 0 Å². The van der Waals surface area contributed by atoms with Gasteiger partial charge in [-0.2, -0.15) is 0 Å². The summed E-state index contributed by atoms with van der Waals surface area (Å²) in [6.07, 6.45) is 2.92. The van der Waals surface area contributed by atoms with Gasteiger partial charge in [0.25, 0.3) is 0 Å². The number of rotatable bonds is 6. The molecule has 0 saturated heterocycles. The van der Waals surface area contributed by atoms with Crippen LogP contribution < -0.4 is 5.32 Å². The summed E-state index contributed by atoms with van der Waals surface area (Å²) in [4.78, 5) is 17.4. The van der Waals surface area contributed by atoms with Gasteiger partial charge in [0.05, 0.1) is 0 Å². The van der Waals surface area contributed by atoms with E-state index in [1.807, 2.05) is 36.4 Å². The summed E-state index contributed by atoms with van der Waals surface area (Å²) in [5.41, 5.74) is 3.41. The fourth-order valence-corrected chi connectivity index (χ4v) is 2.94. The Morgan fingerprint density at radius 1 is 1.08 bits per heavy atom. The van der Waals surface area contributed by atoms with Crippen molar-refractivity contribution in [2.24, 2.45) is 0 Å². The first-order valence-corrected chi connectivity index (χ1v) is 8.21. The first kappa shape index (κ1) is 16.3. The number of fused-ring (bicyclic) bond motifs is 1. The summed E-state index contributed by atoms with van der Waals surface area (Å²) in [5, 5.41) is 4.66. The highest BCUT2D eigenvalue weighted by Crippen LogP contribution is 2.19. The van der Waals surface area contributed by atoms with Crippen molar-refractivity contribution in [2.75, 3.05) is 20.6 Å². The standard InChI is InChI=1S/C20H23N3O/c1-23(2)20(24)19(15-8-4-3-5-9-15)21-13-12-16-14-22-18-11-7-6-10-17(16)18/h3-11,14,19,21-22H,12-13H2,1-2H3. The molecule has 1 atom stereocenters. The van der Waals surface area contributed by atoms with Gasteiger partial charge in [0.2, 0.25) is 5.91 Å². The lowest BCUT2D eigenvalue weighted by molar-refractivity contribution is -0.131. The number of hydrogen-bond donors (Lipinski definition) is 2. The molecule has 1 heterocycles. The van der Waals surface area contributed by atoms with Crippen molar-refractivity contribution >= 4 is 16.8 Å². The van der Waals surface area contributed by atoms with Crippen LogP contribution in [0.4, 0.5) is 0 Å². The maximum Gasteiger partial charge on any atom is 0.243 e. The average molecular weight is 321 g/mol. The van der Waals surface area contributed by atoms with E-state index in [0.29, 0.717) is 0 Å². The number of hydrogen-bond acceptors (Lipinski definition) is 2. The zero-order chi connectivity index (χ0) is 16.9. The molecule has 1 unspecified atom stereocenters. The lowest BCUT2D eigenvalue weighted by Gasteiger charge is -2.22. The highest BCUT2D eigenvalue weighted by Gasteiger charge is 2.21. The molecule has 0 saturated carbocycles. The molecule has 0 aliphatic rings. The third-order valence-corrected chi connectivity index (χ3v) is 4.24. The molecule has 0 spiro atoms. The summed E-state index contributed by atoms with van der Waals surface area (Å²) in [7, 11) is 3.58. The number of carbonyl (C=O) groups is 1. The van der Waals surface area contributed by atoms with Crippen molar-refractivity contribution in [1.82, 2.24) is 15.2 Å². The molecule has 0 aliphatic heterocycles. The van der Waals surface area contributed by atoms with E-state index in [0.717, 1.165) is 24.0 Å². The second kappa shape index (κ2) is 7.32. The number of nitrogens with one attached hydrogen (secondary N) is 2. The third-order valence-electron chi connectivity index (χ3n) is 4.24. The SMILES string of the molecule is CN(C)C(=O)C(NCCc1c[nH]c2ccccc12)c1ccccc1. The number of aromatic nitrogens is 1. The lowest BCUT2D eigenvalue weighted by Crippen LogP contribution is -2.37. The fraction of sp³-hybridized carbons (Fsp3) is 0.250. The van der Waals surface area contributed by atoms with E-state index < -0.39 is 0 Å². The average Bonchev–Trinajstić information content (AvgIpc) is 3.02. The van der Waals surface area contributed by atoms with Gasteiger partial charge in [0.1, 0.15) is 6.04 Å². The smallest absolute Gasteiger partial charge is 0.243 e. The quantitative estimate of drug-likeness (QED) is 0.733. The Bertz CT molecular complexity index is 808. The molecule has 4 nitrogen and oxygen atoms in total. The Morgan fingerprint density at radius 2 is 1.79 bits per heavy atom. The number of benzene rings is 2. The Kier molecular flexibility index (Phi) is 4.96. The number of H-pyrrole nitrogens is 1. The number of amides is 1. The second-order valence-corrected chi connectivity index (χ2v) is 6.14. The van der Waals surface area contributed by atoms with Crippen molar-refractivity contribution in [3.8, 4) is 0 Å². The summed E-state index contributed by atoms with van der Waals surface area (Å²) in [6, 6.07) is 17.8. The lowest BCUT2D eigenvalue weighted by atomic mass is 10.0. The van der Waals surface area contributed by atoms with E-state index in [-0.39, 0.29) is 11.9 Å². The highest BCUT2D eigenvalue weighted by molar-refractivity contribution is 5.83. The first-order chi connectivity index (χ1) is 11.7. The topological polar surface area (TPSA) is 48.1 Å². The molecule has 0 aliphatic carbocycles. The molecule has 0 fully saturated rings. The van der Waals surface area contributed by atoms with E-state index in [9.17, 15) is 4.79 Å². The second-order valence-electron chi connectivity index (χ2n) is 6.14. The number of carbonyl (C=O) groups excluding carboxylic acids is 1. The summed E-state index contributed by atoms with van der Waals surface area (Å²) >= 11 is 0. The predicted octanol–water partition coefficient (Wildman–Crippen LogP) is 3.13. The van der Waals surface area contributed by atoms with Crippen molar-refractivity contribution < 1.29 is 4.79 Å². The minimum atomic E-state index is -0.314. The maximum atomic E-state index is 12.5. The number of likely N-dealkylation sites (N-methyl/N-ethyl adjacent to an activating group) is 1. The van der Waals surface area contributed by atoms with Crippen LogP contribution in [-0.4, -0.2) is 36.4 Å². The minimum absolute atomic E-state index is 0.0696. The normalized spacial score (nSPS) is 12.2. The van der Waals surface area contributed by atoms with Crippen LogP contribution in [0.2, 0.25) is 0 Å². The van der Waals surface area contributed by atoms with Gasteiger partial charge in [-0.25, -0.2) is 0 Å². The molecule has 2 aromatic carbocycles. The monoisotopic (exact) mass is 321 g/mol. The van der Waals surface area contributed by atoms with E-state index in [2.05, 4.69) is 34.7 Å². The van der Waals surface area contributed by atoms with Gasteiger partial charge in [0, 0.05) is 37.7 Å². The molecule has 0 radical (unpaired) electrons. The summed E-state index contributed by atoms with van der Waals surface area (Å²) in [6.45, 7) is 0.737. The summed E-state index contributed by atoms with van der Waals surface area (Å²) in [5.74, 6) is 0.0696. The van der Waals surface area contributed by atoms with Gasteiger partial charge in [0.15, 0.2) is 0 Å². The van der Waals surface area contributed by atoms with Gasteiger partial charge < -0.3 is 15.2 Å². The number of para-hydroxylation sites is 1. The molecule has 2 N–H and O–H groups in total. The van der Waals surface area contributed by atoms with Crippen molar-refractivity contribution in [2.45, 2.75) is 12.5 Å². The van der Waals surface area contributed by atoms with Gasteiger partial charge in [-0.1, -0.05) is 48.5 Å². The van der Waals surface area contributed by atoms with Crippen LogP contribution in [-0.2, 0) is 11.2 Å². The van der Waals surface area contributed by atoms with Crippen LogP contribution in [0.1, 0.15) is 17.2 Å². The Morgan fingerprint density at radius 3 is 2.54 bits per heavy atom. The Hall–Kier alpha value is -2.59. The number of nitrogens with zero attached hydrogens (tertiary/aromatic N) is 1. The minimum Gasteiger partial charge on any atom is -0.361 e. The first-order valence-electron chi connectivity index (χ1n) is 8.21. The van der Waals surface area contributed by atoms with Crippen LogP contribution in [0, 0.1) is 0 Å². The van der Waals surface area contributed by atoms with E-state index in [1.165, 1.54) is 10.9 Å². The predicted molar refractivity (Wildman–Crippen MR) is 97.9 cm³/mol. The van der Waals surface area contributed by atoms with Gasteiger partial charge in [-0.15, -0.1) is 0 Å². The van der Waals surface area contributed by atoms with Gasteiger partial charge >= 0.3 is 0 Å². The fourth-order valence-electron chi connectivity index (χ4n) is 2.94. The molecule has 4 heteroatoms. The Labute approximate surface area is 142 Å². The molecule has 0 bridgehead atoms. The van der Waals surface area contributed by atoms with Gasteiger partial charge in [-0.05, 0) is 23.6 Å². The molecule has 24 heavy (non-hydrogen) atoms. The molecule has 1 aromatic heterocycles. The van der Waals surface area contributed by atoms with E-state index in [4.69, 9.17) is 0 Å². The molecular weight excluding hydrogens is 298 g/mol. The van der Waals surface area contributed by atoms with Crippen molar-refractivity contribution in [1.29, 1.82) is 0 Å². The zero-order valence-electron chi connectivity index (χ0n) is 14.1. The third kappa shape index (κ3) is 3.49. The Balaban J connectivity index is 1.71. The largest absolute Gasteiger partial charge is 0.361 e. The molecular formula is C20H23N3O. The van der Waals surface area contributed by atoms with Crippen LogP contribution in [0.3, 0.4) is 0 Å². The molecule has 3 rings (SSSR count). The van der Waals surface area contributed by atoms with Crippen molar-refractivity contribution in [3.63, 3.8) is 0 Å². The molecule has 124 valence electrons. The van der Waals surface area contributed by atoms with Crippen LogP contribution >= 0.6 is 0 Å². The molecule has 3 aromatic rings. The van der Waals surface area contributed by atoms with E-state index in [1.54, 1.807) is 19.0 Å². The van der Waals surface area contributed by atoms with Crippen LogP contribution in [0.25, 0.3) is 10.9 Å². The maximum absolute atomic E-state index is 12.5. The summed E-state index contributed by atoms with van der Waals surface area (Å²) < 4.78 is 0.